The van der Waals surface area contributed by atoms with Gasteiger partial charge in [0.1, 0.15) is 13.2 Å². The van der Waals surface area contributed by atoms with Gasteiger partial charge >= 0.3 is 17.9 Å². The maximum Gasteiger partial charge on any atom is 0.306 e. The molecule has 0 spiro atoms. The van der Waals surface area contributed by atoms with Crippen molar-refractivity contribution >= 4 is 17.9 Å². The van der Waals surface area contributed by atoms with E-state index in [1.54, 1.807) is 0 Å². The summed E-state index contributed by atoms with van der Waals surface area (Å²) in [6, 6.07) is 0. The van der Waals surface area contributed by atoms with Crippen molar-refractivity contribution < 1.29 is 28.6 Å². The van der Waals surface area contributed by atoms with E-state index < -0.39 is 6.10 Å². The Morgan fingerprint density at radius 2 is 0.526 bits per heavy atom. The van der Waals surface area contributed by atoms with Crippen molar-refractivity contribution in [3.05, 3.63) is 72.9 Å². The van der Waals surface area contributed by atoms with Gasteiger partial charge in [0.2, 0.25) is 0 Å². The zero-order valence-corrected chi connectivity index (χ0v) is 50.5. The third kappa shape index (κ3) is 61.7. The van der Waals surface area contributed by atoms with Crippen LogP contribution < -0.4 is 0 Å². The molecule has 6 heteroatoms. The fourth-order valence-corrected chi connectivity index (χ4v) is 9.47. The summed E-state index contributed by atoms with van der Waals surface area (Å²) in [7, 11) is 0. The molecule has 0 saturated heterocycles. The van der Waals surface area contributed by atoms with Crippen LogP contribution in [0.3, 0.4) is 0 Å². The molecule has 0 aromatic carbocycles. The lowest BCUT2D eigenvalue weighted by Gasteiger charge is -2.18. The molecule has 0 fully saturated rings. The molecule has 1 atom stereocenters. The third-order valence-electron chi connectivity index (χ3n) is 14.4. The first-order valence-corrected chi connectivity index (χ1v) is 32.9. The average molecular weight is 1060 g/mol. The lowest BCUT2D eigenvalue weighted by atomic mass is 10.0. The van der Waals surface area contributed by atoms with Crippen molar-refractivity contribution in [1.82, 2.24) is 0 Å². The fraction of sp³-hybridized carbons (Fsp3) is 0.786. The number of hydrogen-bond acceptors (Lipinski definition) is 6. The van der Waals surface area contributed by atoms with Crippen LogP contribution in [-0.2, 0) is 28.6 Å². The van der Waals surface area contributed by atoms with Gasteiger partial charge in [0, 0.05) is 19.3 Å². The molecule has 6 nitrogen and oxygen atoms in total. The molecule has 0 amide bonds. The van der Waals surface area contributed by atoms with Crippen LogP contribution in [0.5, 0.6) is 0 Å². The summed E-state index contributed by atoms with van der Waals surface area (Å²) in [5.41, 5.74) is 0. The molecule has 0 bridgehead atoms. The number of esters is 3. The highest BCUT2D eigenvalue weighted by Gasteiger charge is 2.19. The van der Waals surface area contributed by atoms with Crippen molar-refractivity contribution in [2.75, 3.05) is 13.2 Å². The number of carbonyl (C=O) groups is 3. The maximum absolute atomic E-state index is 12.9. The summed E-state index contributed by atoms with van der Waals surface area (Å²) < 4.78 is 16.9. The first-order valence-electron chi connectivity index (χ1n) is 32.9. The quantitative estimate of drug-likeness (QED) is 0.0261. The molecular formula is C70H124O6. The lowest BCUT2D eigenvalue weighted by Crippen LogP contribution is -2.30. The van der Waals surface area contributed by atoms with Gasteiger partial charge in [-0.2, -0.15) is 0 Å². The van der Waals surface area contributed by atoms with E-state index in [1.165, 1.54) is 186 Å². The second-order valence-corrected chi connectivity index (χ2v) is 22.0. The van der Waals surface area contributed by atoms with E-state index in [2.05, 4.69) is 93.7 Å². The van der Waals surface area contributed by atoms with Gasteiger partial charge in [-0.3, -0.25) is 14.4 Å². The van der Waals surface area contributed by atoms with E-state index in [0.717, 1.165) is 109 Å². The summed E-state index contributed by atoms with van der Waals surface area (Å²) in [4.78, 5) is 38.2. The molecule has 440 valence electrons. The predicted molar refractivity (Wildman–Crippen MR) is 330 cm³/mol. The van der Waals surface area contributed by atoms with Crippen molar-refractivity contribution in [3.8, 4) is 0 Å². The molecule has 0 aliphatic rings. The van der Waals surface area contributed by atoms with Crippen LogP contribution in [0.2, 0.25) is 0 Å². The number of allylic oxidation sites excluding steroid dienone is 12. The monoisotopic (exact) mass is 1060 g/mol. The molecule has 0 aliphatic carbocycles. The average Bonchev–Trinajstić information content (AvgIpc) is 3.42. The van der Waals surface area contributed by atoms with Gasteiger partial charge in [-0.1, -0.05) is 286 Å². The van der Waals surface area contributed by atoms with Crippen LogP contribution in [0.15, 0.2) is 72.9 Å². The van der Waals surface area contributed by atoms with E-state index in [4.69, 9.17) is 14.2 Å². The van der Waals surface area contributed by atoms with Crippen LogP contribution in [0.25, 0.3) is 0 Å². The Morgan fingerprint density at radius 1 is 0.276 bits per heavy atom. The SMILES string of the molecule is CC/C=C\C/C=C\C/C=C\CCCCCC(=O)OCC(COC(=O)CCCCCCCCCCCCCCCCCCCCC/C=C\CCCCCCCCCC)OC(=O)CCCCCCC/C=C\C/C=C\CCCC. The Balaban J connectivity index is 4.14. The standard InChI is InChI=1S/C70H124O6/c1-4-7-10-13-16-19-22-25-27-28-29-30-31-32-33-34-35-36-37-38-39-40-41-42-43-46-48-51-54-57-60-63-69(72)75-66-67(65-74-68(71)62-59-56-53-50-47-44-24-21-18-15-12-9-6-3)76-70(73)64-61-58-55-52-49-45-26-23-20-17-14-11-8-5-2/h9,12,14,17-18,21,23,26,28-29,44,47,67H,4-8,10-11,13,15-16,19-20,22,24-25,27,30-43,45-46,48-66H2,1-3H3/b12-9-,17-14-,21-18-,26-23-,29-28-,47-44-. The predicted octanol–water partition coefficient (Wildman–Crippen LogP) is 22.5. The lowest BCUT2D eigenvalue weighted by molar-refractivity contribution is -0.167. The zero-order valence-electron chi connectivity index (χ0n) is 50.5. The van der Waals surface area contributed by atoms with Crippen LogP contribution in [0.1, 0.15) is 335 Å². The first-order chi connectivity index (χ1) is 37.5. The highest BCUT2D eigenvalue weighted by Crippen LogP contribution is 2.17. The van der Waals surface area contributed by atoms with Crippen molar-refractivity contribution in [2.45, 2.75) is 341 Å². The highest BCUT2D eigenvalue weighted by molar-refractivity contribution is 5.71. The van der Waals surface area contributed by atoms with E-state index in [0.29, 0.717) is 19.3 Å². The minimum absolute atomic E-state index is 0.0884. The molecule has 0 rings (SSSR count). The molecule has 0 aliphatic heterocycles. The third-order valence-corrected chi connectivity index (χ3v) is 14.4. The maximum atomic E-state index is 12.9. The summed E-state index contributed by atoms with van der Waals surface area (Å²) in [6.07, 6.45) is 83.7. The van der Waals surface area contributed by atoms with Crippen molar-refractivity contribution in [2.24, 2.45) is 0 Å². The van der Waals surface area contributed by atoms with E-state index in [9.17, 15) is 14.4 Å². The van der Waals surface area contributed by atoms with Gasteiger partial charge in [0.25, 0.3) is 0 Å². The molecule has 0 aromatic heterocycles. The van der Waals surface area contributed by atoms with E-state index in [-0.39, 0.29) is 31.1 Å². The molecule has 1 unspecified atom stereocenters. The molecule has 0 aromatic rings. The fourth-order valence-electron chi connectivity index (χ4n) is 9.47. The Hall–Kier alpha value is -3.15. The number of ether oxygens (including phenoxy) is 3. The molecule has 0 heterocycles. The van der Waals surface area contributed by atoms with Crippen LogP contribution in [0, 0.1) is 0 Å². The van der Waals surface area contributed by atoms with Gasteiger partial charge in [0.15, 0.2) is 6.10 Å². The van der Waals surface area contributed by atoms with Crippen LogP contribution >= 0.6 is 0 Å². The van der Waals surface area contributed by atoms with Gasteiger partial charge in [-0.25, -0.2) is 0 Å². The van der Waals surface area contributed by atoms with Crippen molar-refractivity contribution in [1.29, 1.82) is 0 Å². The Bertz CT molecular complexity index is 1400. The molecular weight excluding hydrogens is 937 g/mol. The summed E-state index contributed by atoms with van der Waals surface area (Å²) in [6.45, 7) is 6.48. The first kappa shape index (κ1) is 72.8. The zero-order chi connectivity index (χ0) is 55.0. The summed E-state index contributed by atoms with van der Waals surface area (Å²) in [5.74, 6) is -0.921. The number of rotatable bonds is 60. The summed E-state index contributed by atoms with van der Waals surface area (Å²) >= 11 is 0. The van der Waals surface area contributed by atoms with Crippen LogP contribution in [0.4, 0.5) is 0 Å². The van der Waals surface area contributed by atoms with Gasteiger partial charge < -0.3 is 14.2 Å². The van der Waals surface area contributed by atoms with Crippen LogP contribution in [-0.4, -0.2) is 37.2 Å². The van der Waals surface area contributed by atoms with Crippen molar-refractivity contribution in [3.63, 3.8) is 0 Å². The Kier molecular flexibility index (Phi) is 61.7. The number of hydrogen-bond donors (Lipinski definition) is 0. The second kappa shape index (κ2) is 64.4. The molecule has 0 radical (unpaired) electrons. The normalized spacial score (nSPS) is 12.5. The molecule has 0 N–H and O–H groups in total. The minimum Gasteiger partial charge on any atom is -0.462 e. The number of carbonyl (C=O) groups excluding carboxylic acids is 3. The van der Waals surface area contributed by atoms with E-state index >= 15 is 0 Å². The van der Waals surface area contributed by atoms with Gasteiger partial charge in [-0.05, 0) is 103 Å². The topological polar surface area (TPSA) is 78.9 Å². The second-order valence-electron chi connectivity index (χ2n) is 22.0. The highest BCUT2D eigenvalue weighted by atomic mass is 16.6. The molecule has 76 heavy (non-hydrogen) atoms. The van der Waals surface area contributed by atoms with Gasteiger partial charge in [0.05, 0.1) is 0 Å². The largest absolute Gasteiger partial charge is 0.462 e. The smallest absolute Gasteiger partial charge is 0.306 e. The Labute approximate surface area is 472 Å². The van der Waals surface area contributed by atoms with E-state index in [1.807, 2.05) is 0 Å². The Morgan fingerprint density at radius 3 is 0.868 bits per heavy atom. The van der Waals surface area contributed by atoms with Gasteiger partial charge in [-0.15, -0.1) is 0 Å². The minimum atomic E-state index is -0.794. The summed E-state index contributed by atoms with van der Waals surface area (Å²) in [5, 5.41) is 0. The molecule has 0 saturated carbocycles. The number of unbranched alkanes of at least 4 members (excludes halogenated alkanes) is 37.